The predicted molar refractivity (Wildman–Crippen MR) is 95.1 cm³/mol. The molecule has 0 aromatic carbocycles. The molecule has 0 saturated carbocycles. The van der Waals surface area contributed by atoms with Crippen LogP contribution in [0.3, 0.4) is 0 Å². The lowest BCUT2D eigenvalue weighted by Crippen LogP contribution is -2.49. The lowest BCUT2D eigenvalue weighted by atomic mass is 10.0. The largest absolute Gasteiger partial charge is 0.465 e. The molecule has 0 aliphatic rings. The third kappa shape index (κ3) is 10.6. The maximum Gasteiger partial charge on any atom is 0.411 e. The first-order valence-corrected chi connectivity index (χ1v) is 8.61. The predicted octanol–water partition coefficient (Wildman–Crippen LogP) is 0.236. The highest BCUT2D eigenvalue weighted by atomic mass is 16.4. The van der Waals surface area contributed by atoms with E-state index in [1.165, 1.54) is 0 Å². The number of imide groups is 1. The summed E-state index contributed by atoms with van der Waals surface area (Å²) < 4.78 is 0. The minimum atomic E-state index is -1.38. The first-order valence-electron chi connectivity index (χ1n) is 8.61. The first-order chi connectivity index (χ1) is 12.2. The van der Waals surface area contributed by atoms with Crippen LogP contribution in [0, 0.1) is 11.8 Å². The number of nitrogens with one attached hydrogen (secondary N) is 4. The van der Waals surface area contributed by atoms with Crippen LogP contribution in [0.4, 0.5) is 9.59 Å². The Morgan fingerprint density at radius 3 is 2.00 bits per heavy atom. The van der Waals surface area contributed by atoms with Crippen LogP contribution in [0.1, 0.15) is 33.6 Å². The van der Waals surface area contributed by atoms with E-state index >= 15 is 0 Å². The van der Waals surface area contributed by atoms with Gasteiger partial charge in [-0.3, -0.25) is 10.1 Å². The summed E-state index contributed by atoms with van der Waals surface area (Å²) in [4.78, 5) is 43.9. The molecule has 10 heteroatoms. The molecular formula is C16H30N4O6. The molecule has 0 aromatic heterocycles. The molecule has 0 aromatic rings. The SMILES string of the molecule is CC(C)C(NCCCCNC(C=O)C(C)CNC(=O)O)C(=O)NC(=O)O. The quantitative estimate of drug-likeness (QED) is 0.198. The Hall–Kier alpha value is -2.20. The summed E-state index contributed by atoms with van der Waals surface area (Å²) >= 11 is 0. The van der Waals surface area contributed by atoms with Gasteiger partial charge in [-0.15, -0.1) is 0 Å². The fraction of sp³-hybridized carbons (Fsp3) is 0.750. The van der Waals surface area contributed by atoms with Gasteiger partial charge in [-0.1, -0.05) is 20.8 Å². The minimum Gasteiger partial charge on any atom is -0.465 e. The average molecular weight is 374 g/mol. The lowest BCUT2D eigenvalue weighted by molar-refractivity contribution is -0.123. The van der Waals surface area contributed by atoms with E-state index in [-0.39, 0.29) is 18.4 Å². The van der Waals surface area contributed by atoms with Crippen LogP contribution in [-0.2, 0) is 9.59 Å². The topological polar surface area (TPSA) is 157 Å². The molecule has 0 saturated heterocycles. The van der Waals surface area contributed by atoms with Crippen LogP contribution in [0.15, 0.2) is 0 Å². The third-order valence-electron chi connectivity index (χ3n) is 3.86. The maximum atomic E-state index is 11.8. The lowest BCUT2D eigenvalue weighted by Gasteiger charge is -2.21. The second-order valence-electron chi connectivity index (χ2n) is 6.46. The zero-order valence-corrected chi connectivity index (χ0v) is 15.4. The summed E-state index contributed by atoms with van der Waals surface area (Å²) in [5.74, 6) is -0.812. The van der Waals surface area contributed by atoms with Crippen LogP contribution in [0.5, 0.6) is 0 Å². The van der Waals surface area contributed by atoms with Gasteiger partial charge in [0, 0.05) is 6.54 Å². The van der Waals surface area contributed by atoms with Gasteiger partial charge in [-0.05, 0) is 37.8 Å². The van der Waals surface area contributed by atoms with Crippen molar-refractivity contribution < 1.29 is 29.4 Å². The van der Waals surface area contributed by atoms with E-state index in [9.17, 15) is 19.2 Å². The van der Waals surface area contributed by atoms with E-state index < -0.39 is 30.2 Å². The molecule has 6 N–H and O–H groups in total. The summed E-state index contributed by atoms with van der Waals surface area (Å²) in [5.41, 5.74) is 0. The van der Waals surface area contributed by atoms with Crippen molar-refractivity contribution in [3.63, 3.8) is 0 Å². The summed E-state index contributed by atoms with van der Waals surface area (Å²) in [6.45, 7) is 6.69. The molecule has 26 heavy (non-hydrogen) atoms. The second-order valence-corrected chi connectivity index (χ2v) is 6.46. The summed E-state index contributed by atoms with van der Waals surface area (Å²) in [7, 11) is 0. The van der Waals surface area contributed by atoms with E-state index in [0.29, 0.717) is 13.1 Å². The zero-order valence-electron chi connectivity index (χ0n) is 15.4. The number of carboxylic acid groups (broad SMARTS) is 2. The van der Waals surface area contributed by atoms with Crippen LogP contribution in [0.2, 0.25) is 0 Å². The number of rotatable bonds is 13. The molecule has 0 rings (SSSR count). The monoisotopic (exact) mass is 374 g/mol. The molecule has 0 heterocycles. The average Bonchev–Trinajstić information content (AvgIpc) is 2.54. The Kier molecular flexibility index (Phi) is 12.0. The third-order valence-corrected chi connectivity index (χ3v) is 3.86. The van der Waals surface area contributed by atoms with E-state index in [1.54, 1.807) is 6.92 Å². The Labute approximate surface area is 153 Å². The van der Waals surface area contributed by atoms with Crippen molar-refractivity contribution >= 4 is 24.4 Å². The molecule has 0 fully saturated rings. The number of carbonyl (C=O) groups excluding carboxylic acids is 2. The zero-order chi connectivity index (χ0) is 20.1. The molecule has 0 aliphatic heterocycles. The van der Waals surface area contributed by atoms with Gasteiger partial charge < -0.3 is 31.0 Å². The summed E-state index contributed by atoms with van der Waals surface area (Å²) in [5, 5.41) is 27.4. The molecule has 0 bridgehead atoms. The van der Waals surface area contributed by atoms with Crippen molar-refractivity contribution in [3.8, 4) is 0 Å². The Morgan fingerprint density at radius 1 is 0.962 bits per heavy atom. The number of unbranched alkanes of at least 4 members (excludes halogenated alkanes) is 1. The highest BCUT2D eigenvalue weighted by Crippen LogP contribution is 2.03. The minimum absolute atomic E-state index is 0.0606. The van der Waals surface area contributed by atoms with Gasteiger partial charge in [0.25, 0.3) is 0 Å². The fourth-order valence-corrected chi connectivity index (χ4v) is 2.35. The maximum absolute atomic E-state index is 11.8. The van der Waals surface area contributed by atoms with E-state index in [0.717, 1.165) is 19.1 Å². The van der Waals surface area contributed by atoms with Crippen LogP contribution in [0.25, 0.3) is 0 Å². The smallest absolute Gasteiger partial charge is 0.411 e. The van der Waals surface area contributed by atoms with Gasteiger partial charge in [0.2, 0.25) is 5.91 Å². The molecular weight excluding hydrogens is 344 g/mol. The van der Waals surface area contributed by atoms with Gasteiger partial charge in [0.1, 0.15) is 6.29 Å². The van der Waals surface area contributed by atoms with Crippen molar-refractivity contribution in [2.24, 2.45) is 11.8 Å². The number of aldehydes is 1. The number of hydrogen-bond donors (Lipinski definition) is 6. The van der Waals surface area contributed by atoms with Gasteiger partial charge in [-0.25, -0.2) is 9.59 Å². The van der Waals surface area contributed by atoms with Gasteiger partial charge in [-0.2, -0.15) is 0 Å². The van der Waals surface area contributed by atoms with Crippen molar-refractivity contribution in [1.82, 2.24) is 21.3 Å². The highest BCUT2D eigenvalue weighted by molar-refractivity contribution is 5.94. The van der Waals surface area contributed by atoms with Crippen molar-refractivity contribution in [3.05, 3.63) is 0 Å². The molecule has 150 valence electrons. The van der Waals surface area contributed by atoms with E-state index in [1.807, 2.05) is 19.2 Å². The Bertz CT molecular complexity index is 472. The number of carbonyl (C=O) groups is 4. The van der Waals surface area contributed by atoms with E-state index in [4.69, 9.17) is 10.2 Å². The van der Waals surface area contributed by atoms with Gasteiger partial charge in [0.05, 0.1) is 12.1 Å². The highest BCUT2D eigenvalue weighted by Gasteiger charge is 2.22. The van der Waals surface area contributed by atoms with Crippen molar-refractivity contribution in [2.75, 3.05) is 19.6 Å². The number of hydrogen-bond acceptors (Lipinski definition) is 6. The number of amides is 3. The molecule has 3 unspecified atom stereocenters. The second kappa shape index (κ2) is 13.1. The molecule has 3 atom stereocenters. The summed E-state index contributed by atoms with van der Waals surface area (Å²) in [6.07, 6.45) is -0.277. The molecule has 0 aliphatic carbocycles. The Balaban J connectivity index is 4.08. The molecule has 0 radical (unpaired) electrons. The standard InChI is InChI=1S/C16H30N4O6/c1-10(2)13(14(22)20-16(25)26)18-7-5-4-6-17-12(9-21)11(3)8-19-15(23)24/h9-13,17-19H,4-8H2,1-3H3,(H,20,22)(H,23,24)(H,25,26). The fourth-order valence-electron chi connectivity index (χ4n) is 2.35. The van der Waals surface area contributed by atoms with E-state index in [2.05, 4.69) is 16.0 Å². The molecule has 0 spiro atoms. The molecule has 10 nitrogen and oxygen atoms in total. The molecule has 3 amide bonds. The van der Waals surface area contributed by atoms with Gasteiger partial charge in [0.15, 0.2) is 0 Å². The van der Waals surface area contributed by atoms with Crippen molar-refractivity contribution in [1.29, 1.82) is 0 Å². The Morgan fingerprint density at radius 2 is 1.54 bits per heavy atom. The van der Waals surface area contributed by atoms with Crippen LogP contribution >= 0.6 is 0 Å². The normalized spacial score (nSPS) is 14.3. The van der Waals surface area contributed by atoms with Gasteiger partial charge >= 0.3 is 12.2 Å². The van der Waals surface area contributed by atoms with Crippen LogP contribution < -0.4 is 21.3 Å². The summed E-state index contributed by atoms with van der Waals surface area (Å²) in [6, 6.07) is -1.04. The first kappa shape index (κ1) is 23.8. The van der Waals surface area contributed by atoms with Crippen LogP contribution in [-0.4, -0.2) is 66.3 Å². The van der Waals surface area contributed by atoms with Crippen molar-refractivity contribution in [2.45, 2.75) is 45.7 Å².